The summed E-state index contributed by atoms with van der Waals surface area (Å²) in [6, 6.07) is 2.26. The number of aliphatic hydroxyl groups is 1. The molecule has 0 aliphatic rings. The number of hydrogen-bond donors (Lipinski definition) is 1. The maximum Gasteiger partial charge on any atom is 0.160 e. The first-order valence-electron chi connectivity index (χ1n) is 3.90. The van der Waals surface area contributed by atoms with Crippen LogP contribution >= 0.6 is 11.6 Å². The van der Waals surface area contributed by atoms with Crippen LogP contribution in [0.25, 0.3) is 0 Å². The smallest absolute Gasteiger partial charge is 0.160 e. The zero-order valence-electron chi connectivity index (χ0n) is 7.15. The largest absolute Gasteiger partial charge is 0.395 e. The highest BCUT2D eigenvalue weighted by atomic mass is 35.5. The van der Waals surface area contributed by atoms with Gasteiger partial charge < -0.3 is 5.11 Å². The van der Waals surface area contributed by atoms with Gasteiger partial charge in [0.2, 0.25) is 0 Å². The minimum absolute atomic E-state index is 0.0323. The molecule has 14 heavy (non-hydrogen) atoms. The summed E-state index contributed by atoms with van der Waals surface area (Å²) in [6.45, 7) is -0.0937. The molecule has 1 nitrogen and oxygen atoms in total. The van der Waals surface area contributed by atoms with Crippen LogP contribution in [0, 0.1) is 23.5 Å². The molecular formula is C10H7ClF2O. The second-order valence-corrected chi connectivity index (χ2v) is 2.88. The molecule has 0 saturated heterocycles. The Morgan fingerprint density at radius 1 is 1.36 bits per heavy atom. The maximum absolute atomic E-state index is 13.2. The summed E-state index contributed by atoms with van der Waals surface area (Å²) >= 11 is 5.33. The van der Waals surface area contributed by atoms with E-state index in [0.717, 1.165) is 6.07 Å². The highest BCUT2D eigenvalue weighted by molar-refractivity contribution is 6.31. The summed E-state index contributed by atoms with van der Waals surface area (Å²) in [7, 11) is 0. The molecule has 1 aromatic carbocycles. The molecule has 0 radical (unpaired) electrons. The second kappa shape index (κ2) is 4.94. The van der Waals surface area contributed by atoms with E-state index >= 15 is 0 Å². The molecule has 0 heterocycles. The summed E-state index contributed by atoms with van der Waals surface area (Å²) in [5.74, 6) is 3.29. The van der Waals surface area contributed by atoms with Crippen LogP contribution in [0.5, 0.6) is 0 Å². The Kier molecular flexibility index (Phi) is 3.87. The van der Waals surface area contributed by atoms with E-state index in [1.807, 2.05) is 0 Å². The fourth-order valence-electron chi connectivity index (χ4n) is 0.836. The maximum atomic E-state index is 13.2. The van der Waals surface area contributed by atoms with Gasteiger partial charge in [-0.25, -0.2) is 8.78 Å². The van der Waals surface area contributed by atoms with Crippen molar-refractivity contribution in [1.29, 1.82) is 0 Å². The monoisotopic (exact) mass is 216 g/mol. The molecule has 0 aliphatic carbocycles. The van der Waals surface area contributed by atoms with E-state index in [1.165, 1.54) is 6.07 Å². The Labute approximate surface area is 85.3 Å². The van der Waals surface area contributed by atoms with Crippen LogP contribution in [-0.2, 0) is 0 Å². The standard InChI is InChI=1S/C10H7ClF2O/c11-9-8(12)5-4-7(10(9)13)3-1-2-6-14/h4-5,14H,2,6H2. The van der Waals surface area contributed by atoms with Crippen molar-refractivity contribution >= 4 is 11.6 Å². The average molecular weight is 217 g/mol. The first-order valence-corrected chi connectivity index (χ1v) is 4.28. The number of benzene rings is 1. The zero-order chi connectivity index (χ0) is 10.6. The quantitative estimate of drug-likeness (QED) is 0.564. The molecule has 0 amide bonds. The molecule has 0 saturated carbocycles. The van der Waals surface area contributed by atoms with Crippen molar-refractivity contribution in [2.75, 3.05) is 6.61 Å². The highest BCUT2D eigenvalue weighted by Gasteiger charge is 2.09. The summed E-state index contributed by atoms with van der Waals surface area (Å²) in [5, 5.41) is 7.88. The summed E-state index contributed by atoms with van der Waals surface area (Å²) < 4.78 is 25.8. The predicted octanol–water partition coefficient (Wildman–Crippen LogP) is 2.35. The molecule has 1 rings (SSSR count). The van der Waals surface area contributed by atoms with Gasteiger partial charge in [0, 0.05) is 6.42 Å². The van der Waals surface area contributed by atoms with E-state index in [2.05, 4.69) is 11.8 Å². The third-order valence-corrected chi connectivity index (χ3v) is 1.84. The van der Waals surface area contributed by atoms with Crippen LogP contribution in [0.4, 0.5) is 8.78 Å². The minimum Gasteiger partial charge on any atom is -0.395 e. The molecule has 0 fully saturated rings. The number of aliphatic hydroxyl groups excluding tert-OH is 1. The molecule has 74 valence electrons. The Morgan fingerprint density at radius 2 is 2.07 bits per heavy atom. The van der Waals surface area contributed by atoms with Crippen molar-refractivity contribution in [1.82, 2.24) is 0 Å². The molecule has 0 spiro atoms. The Morgan fingerprint density at radius 3 is 2.71 bits per heavy atom. The van der Waals surface area contributed by atoms with E-state index in [4.69, 9.17) is 16.7 Å². The SMILES string of the molecule is OCCC#Cc1ccc(F)c(Cl)c1F. The van der Waals surface area contributed by atoms with Gasteiger partial charge >= 0.3 is 0 Å². The molecule has 0 aromatic heterocycles. The van der Waals surface area contributed by atoms with Gasteiger partial charge in [-0.2, -0.15) is 0 Å². The van der Waals surface area contributed by atoms with Crippen molar-refractivity contribution in [2.24, 2.45) is 0 Å². The summed E-state index contributed by atoms with van der Waals surface area (Å²) in [4.78, 5) is 0. The van der Waals surface area contributed by atoms with Crippen molar-refractivity contribution in [2.45, 2.75) is 6.42 Å². The van der Waals surface area contributed by atoms with Gasteiger partial charge in [0.25, 0.3) is 0 Å². The first kappa shape index (κ1) is 11.0. The average Bonchev–Trinajstić information content (AvgIpc) is 2.18. The third kappa shape index (κ3) is 2.44. The molecular weight excluding hydrogens is 210 g/mol. The van der Waals surface area contributed by atoms with E-state index in [9.17, 15) is 8.78 Å². The van der Waals surface area contributed by atoms with Crippen molar-refractivity contribution in [3.05, 3.63) is 34.4 Å². The van der Waals surface area contributed by atoms with Gasteiger partial charge in [0.05, 0.1) is 12.2 Å². The van der Waals surface area contributed by atoms with Gasteiger partial charge in [0.15, 0.2) is 5.82 Å². The normalized spacial score (nSPS) is 9.43. The van der Waals surface area contributed by atoms with Gasteiger partial charge in [0.1, 0.15) is 10.8 Å². The molecule has 4 heteroatoms. The topological polar surface area (TPSA) is 20.2 Å². The fraction of sp³-hybridized carbons (Fsp3) is 0.200. The van der Waals surface area contributed by atoms with Crippen LogP contribution < -0.4 is 0 Å². The van der Waals surface area contributed by atoms with Crippen LogP contribution in [-0.4, -0.2) is 11.7 Å². The summed E-state index contributed by atoms with van der Waals surface area (Å²) in [6.07, 6.45) is 0.244. The van der Waals surface area contributed by atoms with Gasteiger partial charge in [-0.1, -0.05) is 23.4 Å². The predicted molar refractivity (Wildman–Crippen MR) is 49.9 cm³/mol. The van der Waals surface area contributed by atoms with Crippen LogP contribution in [0.3, 0.4) is 0 Å². The molecule has 0 bridgehead atoms. The lowest BCUT2D eigenvalue weighted by Gasteiger charge is -1.97. The zero-order valence-corrected chi connectivity index (χ0v) is 7.91. The molecule has 0 unspecified atom stereocenters. The van der Waals surface area contributed by atoms with E-state index in [0.29, 0.717) is 0 Å². The molecule has 0 atom stereocenters. The number of hydrogen-bond acceptors (Lipinski definition) is 1. The van der Waals surface area contributed by atoms with Crippen LogP contribution in [0.15, 0.2) is 12.1 Å². The second-order valence-electron chi connectivity index (χ2n) is 2.50. The van der Waals surface area contributed by atoms with Crippen LogP contribution in [0.2, 0.25) is 5.02 Å². The molecule has 0 aliphatic heterocycles. The van der Waals surface area contributed by atoms with Crippen LogP contribution in [0.1, 0.15) is 12.0 Å². The Hall–Kier alpha value is -1.11. The van der Waals surface area contributed by atoms with Gasteiger partial charge in [-0.05, 0) is 12.1 Å². The Bertz CT molecular complexity index is 393. The fourth-order valence-corrected chi connectivity index (χ4v) is 1.00. The first-order chi connectivity index (χ1) is 6.66. The summed E-state index contributed by atoms with van der Waals surface area (Å²) in [5.41, 5.74) is 0.0323. The number of halogens is 3. The van der Waals surface area contributed by atoms with Crippen molar-refractivity contribution in [3.8, 4) is 11.8 Å². The van der Waals surface area contributed by atoms with E-state index in [1.54, 1.807) is 0 Å². The highest BCUT2D eigenvalue weighted by Crippen LogP contribution is 2.21. The minimum atomic E-state index is -0.864. The Balaban J connectivity index is 3.02. The lowest BCUT2D eigenvalue weighted by Crippen LogP contribution is -1.89. The van der Waals surface area contributed by atoms with E-state index in [-0.39, 0.29) is 18.6 Å². The van der Waals surface area contributed by atoms with Crippen molar-refractivity contribution in [3.63, 3.8) is 0 Å². The lowest BCUT2D eigenvalue weighted by atomic mass is 10.2. The molecule has 1 aromatic rings. The third-order valence-electron chi connectivity index (χ3n) is 1.50. The molecule has 1 N–H and O–H groups in total. The van der Waals surface area contributed by atoms with Gasteiger partial charge in [-0.15, -0.1) is 0 Å². The van der Waals surface area contributed by atoms with Crippen molar-refractivity contribution < 1.29 is 13.9 Å². The van der Waals surface area contributed by atoms with Gasteiger partial charge in [-0.3, -0.25) is 0 Å². The lowest BCUT2D eigenvalue weighted by molar-refractivity contribution is 0.305. The van der Waals surface area contributed by atoms with E-state index < -0.39 is 16.7 Å². The number of rotatable bonds is 1.